The number of hydrogen-bond donors (Lipinski definition) is 1. The number of aryl methyl sites for hydroxylation is 1. The molecule has 2 heterocycles. The van der Waals surface area contributed by atoms with Crippen LogP contribution in [0.1, 0.15) is 25.5 Å². The molecule has 0 spiro atoms. The first-order valence-corrected chi connectivity index (χ1v) is 6.68. The number of carbonyl (C=O) groups excluding carboxylic acids is 1. The summed E-state index contributed by atoms with van der Waals surface area (Å²) in [5, 5.41) is 14.3. The predicted molar refractivity (Wildman–Crippen MR) is 69.4 cm³/mol. The van der Waals surface area contributed by atoms with Crippen molar-refractivity contribution < 1.29 is 14.6 Å². The van der Waals surface area contributed by atoms with Crippen molar-refractivity contribution in [2.75, 3.05) is 13.7 Å². The van der Waals surface area contributed by atoms with Crippen LogP contribution in [0.15, 0.2) is 12.3 Å². The van der Waals surface area contributed by atoms with Crippen LogP contribution in [-0.2, 0) is 22.6 Å². The Labute approximate surface area is 113 Å². The summed E-state index contributed by atoms with van der Waals surface area (Å²) in [6, 6.07) is 1.37. The average molecular weight is 267 g/mol. The maximum atomic E-state index is 11.8. The summed E-state index contributed by atoms with van der Waals surface area (Å²) in [4.78, 5) is 13.8. The lowest BCUT2D eigenvalue weighted by Gasteiger charge is -2.36. The molecule has 1 fully saturated rings. The number of carbonyl (C=O) groups is 1. The molecule has 1 aromatic rings. The molecule has 0 aliphatic carbocycles. The number of rotatable bonds is 4. The maximum Gasteiger partial charge on any atom is 0.325 e. The first kappa shape index (κ1) is 14.0. The molecule has 2 rings (SSSR count). The Morgan fingerprint density at radius 1 is 1.63 bits per heavy atom. The Balaban J connectivity index is 2.14. The Bertz CT molecular complexity index is 433. The van der Waals surface area contributed by atoms with Gasteiger partial charge in [0, 0.05) is 19.3 Å². The van der Waals surface area contributed by atoms with Crippen molar-refractivity contribution >= 4 is 5.97 Å². The van der Waals surface area contributed by atoms with E-state index in [9.17, 15) is 9.90 Å². The van der Waals surface area contributed by atoms with Gasteiger partial charge in [-0.05, 0) is 32.4 Å². The van der Waals surface area contributed by atoms with Gasteiger partial charge in [-0.25, -0.2) is 0 Å². The van der Waals surface area contributed by atoms with Crippen molar-refractivity contribution in [2.45, 2.75) is 45.0 Å². The summed E-state index contributed by atoms with van der Waals surface area (Å²) >= 11 is 0. The standard InChI is InChI=1S/C13H21N3O3/c1-3-16-10(6-7-14-16)9-15-8-4-5-11(17)12(15)13(18)19-2/h6-7,11-12,17H,3-5,8-9H2,1-2H3. The maximum absolute atomic E-state index is 11.8. The molecule has 1 aromatic heterocycles. The molecule has 1 N–H and O–H groups in total. The van der Waals surface area contributed by atoms with E-state index in [0.717, 1.165) is 25.2 Å². The fourth-order valence-electron chi connectivity index (χ4n) is 2.64. The first-order valence-electron chi connectivity index (χ1n) is 6.68. The van der Waals surface area contributed by atoms with Crippen LogP contribution in [0, 0.1) is 0 Å². The van der Waals surface area contributed by atoms with Gasteiger partial charge in [-0.1, -0.05) is 0 Å². The Hall–Kier alpha value is -1.40. The molecule has 0 radical (unpaired) electrons. The Morgan fingerprint density at radius 3 is 3.11 bits per heavy atom. The van der Waals surface area contributed by atoms with E-state index in [1.807, 2.05) is 22.6 Å². The minimum atomic E-state index is -0.654. The second kappa shape index (κ2) is 6.16. The molecule has 1 aliphatic rings. The van der Waals surface area contributed by atoms with Crippen LogP contribution in [-0.4, -0.2) is 51.6 Å². The smallest absolute Gasteiger partial charge is 0.325 e. The quantitative estimate of drug-likeness (QED) is 0.800. The molecule has 6 nitrogen and oxygen atoms in total. The summed E-state index contributed by atoms with van der Waals surface area (Å²) in [6.45, 7) is 4.21. The fraction of sp³-hybridized carbons (Fsp3) is 0.692. The molecule has 0 amide bonds. The number of likely N-dealkylation sites (tertiary alicyclic amines) is 1. The van der Waals surface area contributed by atoms with Crippen molar-refractivity contribution in [2.24, 2.45) is 0 Å². The van der Waals surface area contributed by atoms with E-state index in [2.05, 4.69) is 5.10 Å². The molecule has 2 unspecified atom stereocenters. The molecule has 19 heavy (non-hydrogen) atoms. The van der Waals surface area contributed by atoms with Crippen LogP contribution in [0.2, 0.25) is 0 Å². The second-order valence-electron chi connectivity index (χ2n) is 4.79. The van der Waals surface area contributed by atoms with Crippen LogP contribution < -0.4 is 0 Å². The highest BCUT2D eigenvalue weighted by atomic mass is 16.5. The lowest BCUT2D eigenvalue weighted by Crippen LogP contribution is -2.52. The number of methoxy groups -OCH3 is 1. The highest BCUT2D eigenvalue weighted by molar-refractivity contribution is 5.76. The summed E-state index contributed by atoms with van der Waals surface area (Å²) in [5.41, 5.74) is 1.05. The van der Waals surface area contributed by atoms with Crippen molar-refractivity contribution in [3.63, 3.8) is 0 Å². The Kier molecular flexibility index (Phi) is 4.55. The number of aliphatic hydroxyl groups excluding tert-OH is 1. The summed E-state index contributed by atoms with van der Waals surface area (Å²) < 4.78 is 6.70. The zero-order chi connectivity index (χ0) is 13.8. The van der Waals surface area contributed by atoms with Crippen LogP contribution in [0.4, 0.5) is 0 Å². The van der Waals surface area contributed by atoms with E-state index in [-0.39, 0.29) is 5.97 Å². The fourth-order valence-corrected chi connectivity index (χ4v) is 2.64. The summed E-state index contributed by atoms with van der Waals surface area (Å²) in [7, 11) is 1.36. The van der Waals surface area contributed by atoms with Gasteiger partial charge in [-0.15, -0.1) is 0 Å². The van der Waals surface area contributed by atoms with E-state index in [1.54, 1.807) is 6.20 Å². The number of piperidine rings is 1. The van der Waals surface area contributed by atoms with Gasteiger partial charge >= 0.3 is 5.97 Å². The lowest BCUT2D eigenvalue weighted by molar-refractivity contribution is -0.154. The zero-order valence-corrected chi connectivity index (χ0v) is 11.5. The number of hydrogen-bond acceptors (Lipinski definition) is 5. The molecule has 0 bridgehead atoms. The van der Waals surface area contributed by atoms with Crippen LogP contribution >= 0.6 is 0 Å². The molecule has 0 aromatic carbocycles. The van der Waals surface area contributed by atoms with Crippen LogP contribution in [0.25, 0.3) is 0 Å². The molecule has 2 atom stereocenters. The van der Waals surface area contributed by atoms with Gasteiger partial charge in [0.1, 0.15) is 6.04 Å². The third-order valence-corrected chi connectivity index (χ3v) is 3.61. The monoisotopic (exact) mass is 267 g/mol. The third kappa shape index (κ3) is 2.96. The highest BCUT2D eigenvalue weighted by Gasteiger charge is 2.36. The highest BCUT2D eigenvalue weighted by Crippen LogP contribution is 2.21. The molecule has 1 aliphatic heterocycles. The van der Waals surface area contributed by atoms with Crippen LogP contribution in [0.5, 0.6) is 0 Å². The van der Waals surface area contributed by atoms with Crippen molar-refractivity contribution in [1.29, 1.82) is 0 Å². The average Bonchev–Trinajstić information content (AvgIpc) is 2.85. The molecular formula is C13H21N3O3. The number of aliphatic hydroxyl groups is 1. The minimum absolute atomic E-state index is 0.366. The summed E-state index contributed by atoms with van der Waals surface area (Å²) in [6.07, 6.45) is 2.63. The van der Waals surface area contributed by atoms with Gasteiger partial charge in [-0.2, -0.15) is 5.10 Å². The van der Waals surface area contributed by atoms with E-state index in [0.29, 0.717) is 13.0 Å². The number of nitrogens with zero attached hydrogens (tertiary/aromatic N) is 3. The largest absolute Gasteiger partial charge is 0.468 e. The van der Waals surface area contributed by atoms with Gasteiger partial charge in [-0.3, -0.25) is 14.4 Å². The van der Waals surface area contributed by atoms with Gasteiger partial charge in [0.05, 0.1) is 18.9 Å². The minimum Gasteiger partial charge on any atom is -0.468 e. The molecule has 6 heteroatoms. The number of esters is 1. The van der Waals surface area contributed by atoms with E-state index in [4.69, 9.17) is 4.74 Å². The molecule has 106 valence electrons. The molecule has 1 saturated heterocycles. The third-order valence-electron chi connectivity index (χ3n) is 3.61. The number of aromatic nitrogens is 2. The van der Waals surface area contributed by atoms with Gasteiger partial charge in [0.2, 0.25) is 0 Å². The van der Waals surface area contributed by atoms with E-state index < -0.39 is 12.1 Å². The predicted octanol–water partition coefficient (Wildman–Crippen LogP) is 0.401. The van der Waals surface area contributed by atoms with Crippen molar-refractivity contribution in [3.8, 4) is 0 Å². The van der Waals surface area contributed by atoms with E-state index >= 15 is 0 Å². The van der Waals surface area contributed by atoms with Gasteiger partial charge in [0.15, 0.2) is 0 Å². The van der Waals surface area contributed by atoms with Crippen molar-refractivity contribution in [1.82, 2.24) is 14.7 Å². The second-order valence-corrected chi connectivity index (χ2v) is 4.79. The molecule has 0 saturated carbocycles. The van der Waals surface area contributed by atoms with E-state index in [1.165, 1.54) is 7.11 Å². The zero-order valence-electron chi connectivity index (χ0n) is 11.5. The topological polar surface area (TPSA) is 67.6 Å². The lowest BCUT2D eigenvalue weighted by atomic mass is 9.98. The van der Waals surface area contributed by atoms with Gasteiger partial charge < -0.3 is 9.84 Å². The normalized spacial score (nSPS) is 24.4. The Morgan fingerprint density at radius 2 is 2.42 bits per heavy atom. The van der Waals surface area contributed by atoms with Gasteiger partial charge in [0.25, 0.3) is 0 Å². The SMILES string of the molecule is CCn1nccc1CN1CCCC(O)C1C(=O)OC. The number of ether oxygens (including phenoxy) is 1. The van der Waals surface area contributed by atoms with Crippen molar-refractivity contribution in [3.05, 3.63) is 18.0 Å². The molecular weight excluding hydrogens is 246 g/mol. The first-order chi connectivity index (χ1) is 9.17. The van der Waals surface area contributed by atoms with Crippen LogP contribution in [0.3, 0.4) is 0 Å². The summed E-state index contributed by atoms with van der Waals surface area (Å²) in [5.74, 6) is -0.366.